The van der Waals surface area contributed by atoms with Gasteiger partial charge in [-0.2, -0.15) is 0 Å². The summed E-state index contributed by atoms with van der Waals surface area (Å²) in [5.41, 5.74) is 2.22. The number of carbonyl (C=O) groups excluding carboxylic acids is 1. The van der Waals surface area contributed by atoms with E-state index in [1.54, 1.807) is 24.3 Å². The van der Waals surface area contributed by atoms with E-state index in [0.29, 0.717) is 17.4 Å². The quantitative estimate of drug-likeness (QED) is 0.346. The minimum absolute atomic E-state index is 0.208. The predicted octanol–water partition coefficient (Wildman–Crippen LogP) is 1.58. The molecule has 0 saturated carbocycles. The Labute approximate surface area is 175 Å². The summed E-state index contributed by atoms with van der Waals surface area (Å²) in [6.07, 6.45) is 0.780. The molecule has 5 N–H and O–H groups in total. The molecule has 1 amide bonds. The highest BCUT2D eigenvalue weighted by Crippen LogP contribution is 2.14. The fraction of sp³-hybridized carbons (Fsp3) is 0.190. The number of carboxylic acids is 2. The van der Waals surface area contributed by atoms with Gasteiger partial charge in [-0.1, -0.05) is 6.07 Å². The summed E-state index contributed by atoms with van der Waals surface area (Å²) in [5, 5.41) is 23.8. The molecule has 0 unspecified atom stereocenters. The number of hydrogen-bond donors (Lipinski definition) is 5. The van der Waals surface area contributed by atoms with E-state index >= 15 is 0 Å². The van der Waals surface area contributed by atoms with E-state index in [1.165, 1.54) is 18.5 Å². The van der Waals surface area contributed by atoms with E-state index in [4.69, 9.17) is 10.2 Å². The van der Waals surface area contributed by atoms with Crippen LogP contribution in [0, 0.1) is 0 Å². The molecule has 10 heteroatoms. The maximum atomic E-state index is 12.3. The largest absolute Gasteiger partial charge is 0.481 e. The molecular formula is C21H20N4O6. The third-order valence-electron chi connectivity index (χ3n) is 4.60. The van der Waals surface area contributed by atoms with Gasteiger partial charge >= 0.3 is 11.9 Å². The first-order valence-corrected chi connectivity index (χ1v) is 9.39. The lowest BCUT2D eigenvalue weighted by Gasteiger charge is -2.14. The second-order valence-corrected chi connectivity index (χ2v) is 6.81. The molecule has 0 radical (unpaired) electrons. The third-order valence-corrected chi connectivity index (χ3v) is 4.60. The van der Waals surface area contributed by atoms with Crippen LogP contribution in [-0.4, -0.2) is 44.1 Å². The first kappa shape index (κ1) is 21.5. The summed E-state index contributed by atoms with van der Waals surface area (Å²) in [6, 6.07) is 10.5. The molecule has 0 saturated heterocycles. The van der Waals surface area contributed by atoms with Gasteiger partial charge in [-0.15, -0.1) is 0 Å². The Morgan fingerprint density at radius 3 is 2.48 bits per heavy atom. The SMILES string of the molecule is O=C(O)CC[C@H](NC(=O)c1ccc(NCc2ccc3nc[nH]c(=O)c3c2)cc1)C(=O)O. The second kappa shape index (κ2) is 9.53. The van der Waals surface area contributed by atoms with Crippen molar-refractivity contribution < 1.29 is 24.6 Å². The van der Waals surface area contributed by atoms with Crippen molar-refractivity contribution in [3.63, 3.8) is 0 Å². The van der Waals surface area contributed by atoms with E-state index in [1.807, 2.05) is 6.07 Å². The summed E-state index contributed by atoms with van der Waals surface area (Å²) in [4.78, 5) is 52.6. The van der Waals surface area contributed by atoms with Crippen molar-refractivity contribution >= 4 is 34.4 Å². The lowest BCUT2D eigenvalue weighted by molar-refractivity contribution is -0.140. The fourth-order valence-corrected chi connectivity index (χ4v) is 2.94. The first-order chi connectivity index (χ1) is 14.8. The zero-order chi connectivity index (χ0) is 22.4. The standard InChI is InChI=1S/C21H20N4O6/c26-18(27)8-7-17(21(30)31)25-19(28)13-2-4-14(5-3-13)22-10-12-1-6-16-15(9-12)20(29)24-11-23-16/h1-6,9,11,17,22H,7-8,10H2,(H,25,28)(H,26,27)(H,30,31)(H,23,24,29)/t17-/m0/s1. The van der Waals surface area contributed by atoms with Gasteiger partial charge in [-0.05, 0) is 48.4 Å². The molecule has 0 spiro atoms. The van der Waals surface area contributed by atoms with Crippen LogP contribution in [0.3, 0.4) is 0 Å². The third kappa shape index (κ3) is 5.66. The van der Waals surface area contributed by atoms with Crippen LogP contribution in [0.15, 0.2) is 53.6 Å². The minimum atomic E-state index is -1.29. The monoisotopic (exact) mass is 424 g/mol. The lowest BCUT2D eigenvalue weighted by atomic mass is 10.1. The Morgan fingerprint density at radius 1 is 1.06 bits per heavy atom. The Kier molecular flexibility index (Phi) is 6.61. The summed E-state index contributed by atoms with van der Waals surface area (Å²) in [5.74, 6) is -3.04. The molecule has 0 aliphatic rings. The maximum Gasteiger partial charge on any atom is 0.326 e. The van der Waals surface area contributed by atoms with Crippen molar-refractivity contribution in [3.8, 4) is 0 Å². The fourth-order valence-electron chi connectivity index (χ4n) is 2.94. The van der Waals surface area contributed by atoms with E-state index < -0.39 is 23.9 Å². The molecule has 3 rings (SSSR count). The maximum absolute atomic E-state index is 12.3. The summed E-state index contributed by atoms with van der Waals surface area (Å²) in [6.45, 7) is 0.437. The van der Waals surface area contributed by atoms with E-state index in [9.17, 15) is 19.2 Å². The number of fused-ring (bicyclic) bond motifs is 1. The van der Waals surface area contributed by atoms with Crippen LogP contribution in [0.5, 0.6) is 0 Å². The minimum Gasteiger partial charge on any atom is -0.481 e. The van der Waals surface area contributed by atoms with E-state index in [-0.39, 0.29) is 24.0 Å². The van der Waals surface area contributed by atoms with Crippen LogP contribution >= 0.6 is 0 Å². The van der Waals surface area contributed by atoms with Crippen molar-refractivity contribution in [2.75, 3.05) is 5.32 Å². The average molecular weight is 424 g/mol. The Balaban J connectivity index is 1.61. The molecule has 3 aromatic rings. The van der Waals surface area contributed by atoms with Crippen LogP contribution in [0.25, 0.3) is 10.9 Å². The van der Waals surface area contributed by atoms with Gasteiger partial charge in [0, 0.05) is 24.2 Å². The normalized spacial score (nSPS) is 11.6. The number of nitrogens with zero attached hydrogens (tertiary/aromatic N) is 1. The Hall–Kier alpha value is -4.21. The van der Waals surface area contributed by atoms with Crippen LogP contribution in [0.4, 0.5) is 5.69 Å². The molecule has 10 nitrogen and oxygen atoms in total. The molecule has 160 valence electrons. The van der Waals surface area contributed by atoms with Gasteiger partial charge in [-0.3, -0.25) is 14.4 Å². The molecule has 31 heavy (non-hydrogen) atoms. The van der Waals surface area contributed by atoms with E-state index in [2.05, 4.69) is 20.6 Å². The molecule has 2 aromatic carbocycles. The number of carboxylic acid groups (broad SMARTS) is 2. The lowest BCUT2D eigenvalue weighted by Crippen LogP contribution is -2.41. The summed E-state index contributed by atoms with van der Waals surface area (Å²) >= 11 is 0. The zero-order valence-electron chi connectivity index (χ0n) is 16.3. The molecule has 0 aliphatic heterocycles. The Bertz CT molecular complexity index is 1170. The van der Waals surface area contributed by atoms with Crippen molar-refractivity contribution in [1.82, 2.24) is 15.3 Å². The number of carbonyl (C=O) groups is 3. The van der Waals surface area contributed by atoms with Gasteiger partial charge in [0.05, 0.1) is 17.2 Å². The van der Waals surface area contributed by atoms with Gasteiger partial charge in [0.1, 0.15) is 6.04 Å². The highest BCUT2D eigenvalue weighted by Gasteiger charge is 2.21. The van der Waals surface area contributed by atoms with Crippen molar-refractivity contribution in [1.29, 1.82) is 0 Å². The highest BCUT2D eigenvalue weighted by atomic mass is 16.4. The summed E-state index contributed by atoms with van der Waals surface area (Å²) in [7, 11) is 0. The van der Waals surface area contributed by atoms with Gasteiger partial charge in [0.25, 0.3) is 11.5 Å². The molecule has 0 aliphatic carbocycles. The average Bonchev–Trinajstić information content (AvgIpc) is 2.75. The molecule has 1 aromatic heterocycles. The van der Waals surface area contributed by atoms with Crippen molar-refractivity contribution in [3.05, 3.63) is 70.3 Å². The van der Waals surface area contributed by atoms with Gasteiger partial charge in [0.2, 0.25) is 0 Å². The predicted molar refractivity (Wildman–Crippen MR) is 112 cm³/mol. The van der Waals surface area contributed by atoms with Crippen molar-refractivity contribution in [2.24, 2.45) is 0 Å². The van der Waals surface area contributed by atoms with Gasteiger partial charge in [-0.25, -0.2) is 9.78 Å². The molecular weight excluding hydrogens is 404 g/mol. The molecule has 0 fully saturated rings. The van der Waals surface area contributed by atoms with E-state index in [0.717, 1.165) is 11.3 Å². The van der Waals surface area contributed by atoms with Crippen LogP contribution in [0.1, 0.15) is 28.8 Å². The second-order valence-electron chi connectivity index (χ2n) is 6.81. The number of amides is 1. The zero-order valence-corrected chi connectivity index (χ0v) is 16.3. The van der Waals surface area contributed by atoms with Gasteiger partial charge in [0.15, 0.2) is 0 Å². The van der Waals surface area contributed by atoms with Gasteiger partial charge < -0.3 is 25.8 Å². The summed E-state index contributed by atoms with van der Waals surface area (Å²) < 4.78 is 0. The number of aromatic amines is 1. The Morgan fingerprint density at radius 2 is 1.81 bits per heavy atom. The van der Waals surface area contributed by atoms with Crippen LogP contribution in [-0.2, 0) is 16.1 Å². The number of benzene rings is 2. The van der Waals surface area contributed by atoms with Crippen LogP contribution in [0.2, 0.25) is 0 Å². The smallest absolute Gasteiger partial charge is 0.326 e. The number of hydrogen-bond acceptors (Lipinski definition) is 6. The number of aromatic nitrogens is 2. The first-order valence-electron chi connectivity index (χ1n) is 9.39. The number of nitrogens with one attached hydrogen (secondary N) is 3. The number of rotatable bonds is 9. The highest BCUT2D eigenvalue weighted by molar-refractivity contribution is 5.97. The number of aliphatic carboxylic acids is 2. The number of anilines is 1. The molecule has 0 bridgehead atoms. The number of H-pyrrole nitrogens is 1. The van der Waals surface area contributed by atoms with Crippen LogP contribution < -0.4 is 16.2 Å². The van der Waals surface area contributed by atoms with Crippen molar-refractivity contribution in [2.45, 2.75) is 25.4 Å². The molecule has 1 atom stereocenters. The topological polar surface area (TPSA) is 161 Å². The molecule has 1 heterocycles.